The predicted octanol–water partition coefficient (Wildman–Crippen LogP) is 0.600. The zero-order chi connectivity index (χ0) is 17.4. The molecule has 25 heavy (non-hydrogen) atoms. The maximum Gasteiger partial charge on any atom is 0.323 e. The van der Waals surface area contributed by atoms with Crippen LogP contribution in [0.3, 0.4) is 0 Å². The summed E-state index contributed by atoms with van der Waals surface area (Å²) in [5.41, 5.74) is 1.48. The molecule has 4 aromatic rings. The van der Waals surface area contributed by atoms with Gasteiger partial charge in [-0.3, -0.25) is 9.59 Å². The summed E-state index contributed by atoms with van der Waals surface area (Å²) in [4.78, 5) is 41.0. The summed E-state index contributed by atoms with van der Waals surface area (Å²) in [5, 5.41) is 10.8. The first-order valence-corrected chi connectivity index (χ1v) is 7.44. The molecule has 0 aliphatic heterocycles. The molecule has 9 nitrogen and oxygen atoms in total. The zero-order valence-electron chi connectivity index (χ0n) is 12.8. The van der Waals surface area contributed by atoms with Crippen molar-refractivity contribution >= 4 is 33.5 Å². The van der Waals surface area contributed by atoms with Crippen LogP contribution in [0.1, 0.15) is 0 Å². The predicted molar refractivity (Wildman–Crippen MR) is 91.3 cm³/mol. The average molecular weight is 336 g/mol. The zero-order valence-corrected chi connectivity index (χ0v) is 12.8. The van der Waals surface area contributed by atoms with Crippen molar-refractivity contribution in [3.8, 4) is 0 Å². The molecule has 0 aliphatic carbocycles. The number of carbonyl (C=O) groups excluding carboxylic acids is 1. The molecule has 1 amide bonds. The van der Waals surface area contributed by atoms with E-state index in [1.807, 2.05) is 0 Å². The quantitative estimate of drug-likeness (QED) is 0.505. The third-order valence-electron chi connectivity index (χ3n) is 3.72. The molecule has 4 rings (SSSR count). The molecule has 0 saturated heterocycles. The normalized spacial score (nSPS) is 11.0. The Hall–Kier alpha value is -3.75. The van der Waals surface area contributed by atoms with Crippen LogP contribution in [-0.4, -0.2) is 30.9 Å². The minimum Gasteiger partial charge on any atom is -0.324 e. The smallest absolute Gasteiger partial charge is 0.323 e. The molecule has 124 valence electrons. The van der Waals surface area contributed by atoms with Crippen LogP contribution in [0.25, 0.3) is 21.9 Å². The summed E-state index contributed by atoms with van der Waals surface area (Å²) in [5.74, 6) is -0.427. The fraction of sp³-hybridized carbons (Fsp3) is 0.0625. The Balaban J connectivity index is 1.58. The van der Waals surface area contributed by atoms with E-state index < -0.39 is 5.91 Å². The van der Waals surface area contributed by atoms with Crippen molar-refractivity contribution < 1.29 is 4.79 Å². The molecule has 9 heteroatoms. The van der Waals surface area contributed by atoms with Gasteiger partial charge in [0.25, 0.3) is 5.56 Å². The summed E-state index contributed by atoms with van der Waals surface area (Å²) in [6.07, 6.45) is 0. The van der Waals surface area contributed by atoms with Crippen molar-refractivity contribution in [3.63, 3.8) is 0 Å². The lowest BCUT2D eigenvalue weighted by Gasteiger charge is -2.07. The number of carbonyl (C=O) groups is 1. The summed E-state index contributed by atoms with van der Waals surface area (Å²) in [6.45, 7) is -0.266. The van der Waals surface area contributed by atoms with Crippen molar-refractivity contribution in [2.24, 2.45) is 0 Å². The Morgan fingerprint density at radius 3 is 2.76 bits per heavy atom. The van der Waals surface area contributed by atoms with Crippen LogP contribution >= 0.6 is 0 Å². The number of hydrogen-bond acceptors (Lipinski definition) is 5. The lowest BCUT2D eigenvalue weighted by molar-refractivity contribution is -0.117. The van der Waals surface area contributed by atoms with Gasteiger partial charge in [-0.15, -0.1) is 5.10 Å². The number of imidazole rings is 1. The molecular formula is C16H12N6O3. The molecule has 2 aromatic heterocycles. The third kappa shape index (κ3) is 2.78. The number of rotatable bonds is 3. The van der Waals surface area contributed by atoms with Gasteiger partial charge in [0.05, 0.1) is 16.4 Å². The number of H-pyrrole nitrogens is 2. The SMILES string of the molecule is O=C(Cn1nnc2ccccc2c1=O)Nc1ccc2[nH]c(=O)[nH]c2c1. The number of amides is 1. The Bertz CT molecular complexity index is 1220. The summed E-state index contributed by atoms with van der Waals surface area (Å²) < 4.78 is 1.01. The highest BCUT2D eigenvalue weighted by atomic mass is 16.2. The third-order valence-corrected chi connectivity index (χ3v) is 3.72. The molecule has 0 saturated carbocycles. The number of aromatic amines is 2. The highest BCUT2D eigenvalue weighted by molar-refractivity contribution is 5.92. The molecule has 0 aliphatic rings. The largest absolute Gasteiger partial charge is 0.324 e. The number of aromatic nitrogens is 5. The molecule has 0 unspecified atom stereocenters. The van der Waals surface area contributed by atoms with Crippen LogP contribution in [0.4, 0.5) is 5.69 Å². The highest BCUT2D eigenvalue weighted by Gasteiger charge is 2.10. The average Bonchev–Trinajstić information content (AvgIpc) is 2.97. The lowest BCUT2D eigenvalue weighted by Crippen LogP contribution is -2.30. The second-order valence-corrected chi connectivity index (χ2v) is 5.46. The van der Waals surface area contributed by atoms with Gasteiger partial charge in [-0.25, -0.2) is 9.48 Å². The fourth-order valence-corrected chi connectivity index (χ4v) is 2.57. The van der Waals surface area contributed by atoms with Gasteiger partial charge in [0, 0.05) is 5.69 Å². The van der Waals surface area contributed by atoms with E-state index >= 15 is 0 Å². The Morgan fingerprint density at radius 1 is 1.08 bits per heavy atom. The minimum atomic E-state index is -0.427. The van der Waals surface area contributed by atoms with E-state index in [1.54, 1.807) is 42.5 Å². The van der Waals surface area contributed by atoms with E-state index in [9.17, 15) is 14.4 Å². The topological polar surface area (TPSA) is 126 Å². The lowest BCUT2D eigenvalue weighted by atomic mass is 10.2. The van der Waals surface area contributed by atoms with Gasteiger partial charge < -0.3 is 15.3 Å². The van der Waals surface area contributed by atoms with Crippen LogP contribution in [-0.2, 0) is 11.3 Å². The molecular weight excluding hydrogens is 324 g/mol. The van der Waals surface area contributed by atoms with Crippen molar-refractivity contribution in [2.45, 2.75) is 6.54 Å². The van der Waals surface area contributed by atoms with E-state index in [4.69, 9.17) is 0 Å². The van der Waals surface area contributed by atoms with Crippen LogP contribution in [0.2, 0.25) is 0 Å². The summed E-state index contributed by atoms with van der Waals surface area (Å²) in [7, 11) is 0. The van der Waals surface area contributed by atoms with E-state index in [-0.39, 0.29) is 17.8 Å². The second-order valence-electron chi connectivity index (χ2n) is 5.46. The molecule has 0 radical (unpaired) electrons. The van der Waals surface area contributed by atoms with Gasteiger partial charge in [0.15, 0.2) is 0 Å². The molecule has 2 heterocycles. The number of anilines is 1. The Kier molecular flexibility index (Phi) is 3.38. The van der Waals surface area contributed by atoms with Crippen LogP contribution in [0.5, 0.6) is 0 Å². The number of nitrogens with zero attached hydrogens (tertiary/aromatic N) is 3. The van der Waals surface area contributed by atoms with Gasteiger partial charge >= 0.3 is 5.69 Å². The maximum atomic E-state index is 12.3. The number of fused-ring (bicyclic) bond motifs is 2. The van der Waals surface area contributed by atoms with Crippen LogP contribution in [0, 0.1) is 0 Å². The monoisotopic (exact) mass is 336 g/mol. The Morgan fingerprint density at radius 2 is 1.88 bits per heavy atom. The molecule has 0 spiro atoms. The first-order chi connectivity index (χ1) is 12.1. The fourth-order valence-electron chi connectivity index (χ4n) is 2.57. The van der Waals surface area contributed by atoms with Gasteiger partial charge in [0.2, 0.25) is 5.91 Å². The first kappa shape index (κ1) is 14.8. The van der Waals surface area contributed by atoms with Gasteiger partial charge in [-0.05, 0) is 30.3 Å². The van der Waals surface area contributed by atoms with Gasteiger partial charge in [0.1, 0.15) is 12.1 Å². The standard InChI is InChI=1S/C16H12N6O3/c23-14(17-9-5-6-12-13(7-9)19-16(25)18-12)8-22-15(24)10-3-1-2-4-11(10)20-21-22/h1-7H,8H2,(H,17,23)(H2,18,19,25). The van der Waals surface area contributed by atoms with Crippen molar-refractivity contribution in [1.29, 1.82) is 0 Å². The van der Waals surface area contributed by atoms with E-state index in [0.717, 1.165) is 4.68 Å². The number of hydrogen-bond donors (Lipinski definition) is 3. The maximum absolute atomic E-state index is 12.3. The van der Waals surface area contributed by atoms with Crippen molar-refractivity contribution in [3.05, 3.63) is 63.3 Å². The summed E-state index contributed by atoms with van der Waals surface area (Å²) >= 11 is 0. The van der Waals surface area contributed by atoms with Crippen molar-refractivity contribution in [1.82, 2.24) is 25.0 Å². The van der Waals surface area contributed by atoms with Gasteiger partial charge in [-0.1, -0.05) is 17.3 Å². The summed E-state index contributed by atoms with van der Waals surface area (Å²) in [6, 6.07) is 11.7. The van der Waals surface area contributed by atoms with E-state index in [1.165, 1.54) is 0 Å². The van der Waals surface area contributed by atoms with E-state index in [0.29, 0.717) is 27.6 Å². The molecule has 0 bridgehead atoms. The van der Waals surface area contributed by atoms with Crippen LogP contribution in [0.15, 0.2) is 52.1 Å². The van der Waals surface area contributed by atoms with Crippen molar-refractivity contribution in [2.75, 3.05) is 5.32 Å². The molecule has 2 aromatic carbocycles. The number of nitrogens with one attached hydrogen (secondary N) is 3. The molecule has 0 fully saturated rings. The molecule has 0 atom stereocenters. The first-order valence-electron chi connectivity index (χ1n) is 7.44. The number of benzene rings is 2. The second kappa shape index (κ2) is 5.71. The minimum absolute atomic E-state index is 0.266. The van der Waals surface area contributed by atoms with E-state index in [2.05, 4.69) is 25.6 Å². The highest BCUT2D eigenvalue weighted by Crippen LogP contribution is 2.14. The Labute approximate surface area is 139 Å². The van der Waals surface area contributed by atoms with Crippen LogP contribution < -0.4 is 16.6 Å². The molecule has 3 N–H and O–H groups in total. The van der Waals surface area contributed by atoms with Gasteiger partial charge in [-0.2, -0.15) is 0 Å².